The van der Waals surface area contributed by atoms with E-state index in [4.69, 9.17) is 5.73 Å². The van der Waals surface area contributed by atoms with Crippen LogP contribution < -0.4 is 11.1 Å². The summed E-state index contributed by atoms with van der Waals surface area (Å²) >= 11 is 0. The molecule has 1 aromatic rings. The second-order valence-corrected chi connectivity index (χ2v) is 4.22. The van der Waals surface area contributed by atoms with E-state index in [-0.39, 0.29) is 6.10 Å². The van der Waals surface area contributed by atoms with E-state index in [9.17, 15) is 5.11 Å². The molecule has 0 heterocycles. The van der Waals surface area contributed by atoms with E-state index in [0.717, 1.165) is 30.6 Å². The lowest BCUT2D eigenvalue weighted by molar-refractivity contribution is 0.198. The van der Waals surface area contributed by atoms with Crippen LogP contribution in [0.25, 0.3) is 0 Å². The quantitative estimate of drug-likeness (QED) is 0.531. The molecule has 0 fully saturated rings. The number of benzene rings is 1. The van der Waals surface area contributed by atoms with E-state index in [2.05, 4.69) is 5.32 Å². The topological polar surface area (TPSA) is 58.3 Å². The van der Waals surface area contributed by atoms with E-state index in [1.54, 1.807) is 0 Å². The molecule has 0 saturated heterocycles. The summed E-state index contributed by atoms with van der Waals surface area (Å²) in [6.45, 7) is 0.776. The average Bonchev–Trinajstić information content (AvgIpc) is 2.30. The highest BCUT2D eigenvalue weighted by Crippen LogP contribution is 2.14. The summed E-state index contributed by atoms with van der Waals surface area (Å²) in [6, 6.07) is 8.23. The van der Waals surface area contributed by atoms with Gasteiger partial charge < -0.3 is 16.2 Å². The standard InChI is InChI=1S/C13H18N2O/c14-13-4-2-1-3-10(13)9-15-11-5-7-12(16)8-6-11/h1-5,7,11-12,15-16H,6,8-9,14H2/t11-,12-/m0/s1. The van der Waals surface area contributed by atoms with Gasteiger partial charge in [-0.3, -0.25) is 0 Å². The van der Waals surface area contributed by atoms with Gasteiger partial charge in [-0.1, -0.05) is 30.4 Å². The van der Waals surface area contributed by atoms with Crippen molar-refractivity contribution in [2.75, 3.05) is 5.73 Å². The predicted octanol–water partition coefficient (Wildman–Crippen LogP) is 1.44. The number of rotatable bonds is 3. The molecule has 3 nitrogen and oxygen atoms in total. The van der Waals surface area contributed by atoms with Gasteiger partial charge in [-0.25, -0.2) is 0 Å². The van der Waals surface area contributed by atoms with E-state index in [0.29, 0.717) is 6.04 Å². The van der Waals surface area contributed by atoms with Crippen molar-refractivity contribution in [3.05, 3.63) is 42.0 Å². The summed E-state index contributed by atoms with van der Waals surface area (Å²) < 4.78 is 0. The fourth-order valence-corrected chi connectivity index (χ4v) is 1.91. The Morgan fingerprint density at radius 3 is 2.75 bits per heavy atom. The van der Waals surface area contributed by atoms with Crippen LogP contribution in [0.1, 0.15) is 18.4 Å². The highest BCUT2D eigenvalue weighted by molar-refractivity contribution is 5.46. The number of para-hydroxylation sites is 1. The number of anilines is 1. The third-order valence-corrected chi connectivity index (χ3v) is 2.95. The normalized spacial score (nSPS) is 24.6. The molecular weight excluding hydrogens is 200 g/mol. The molecule has 2 atom stereocenters. The number of nitrogens with two attached hydrogens (primary N) is 1. The van der Waals surface area contributed by atoms with E-state index in [1.165, 1.54) is 0 Å². The number of nitrogens with one attached hydrogen (secondary N) is 1. The lowest BCUT2D eigenvalue weighted by Crippen LogP contribution is -2.30. The van der Waals surface area contributed by atoms with Gasteiger partial charge >= 0.3 is 0 Å². The summed E-state index contributed by atoms with van der Waals surface area (Å²) in [4.78, 5) is 0. The fraction of sp³-hybridized carbons (Fsp3) is 0.385. The van der Waals surface area contributed by atoms with Crippen molar-refractivity contribution in [3.8, 4) is 0 Å². The fourth-order valence-electron chi connectivity index (χ4n) is 1.91. The van der Waals surface area contributed by atoms with Crippen LogP contribution in [-0.4, -0.2) is 17.3 Å². The zero-order chi connectivity index (χ0) is 11.4. The second kappa shape index (κ2) is 5.14. The minimum absolute atomic E-state index is 0.264. The maximum Gasteiger partial charge on any atom is 0.0722 e. The number of hydrogen-bond acceptors (Lipinski definition) is 3. The molecule has 1 aromatic carbocycles. The van der Waals surface area contributed by atoms with Crippen molar-refractivity contribution in [3.63, 3.8) is 0 Å². The third kappa shape index (κ3) is 2.84. The molecule has 0 spiro atoms. The molecular formula is C13H18N2O. The van der Waals surface area contributed by atoms with Gasteiger partial charge in [0.15, 0.2) is 0 Å². The first-order chi connectivity index (χ1) is 7.75. The highest BCUT2D eigenvalue weighted by Gasteiger charge is 2.12. The van der Waals surface area contributed by atoms with E-state index in [1.807, 2.05) is 36.4 Å². The molecule has 2 rings (SSSR count). The Bertz CT molecular complexity index is 376. The lowest BCUT2D eigenvalue weighted by Gasteiger charge is -2.21. The monoisotopic (exact) mass is 218 g/mol. The summed E-state index contributed by atoms with van der Waals surface area (Å²) in [5, 5.41) is 12.7. The number of nitrogen functional groups attached to an aromatic ring is 1. The molecule has 16 heavy (non-hydrogen) atoms. The highest BCUT2D eigenvalue weighted by atomic mass is 16.3. The predicted molar refractivity (Wildman–Crippen MR) is 65.9 cm³/mol. The Kier molecular flexibility index (Phi) is 3.59. The van der Waals surface area contributed by atoms with Crippen molar-refractivity contribution >= 4 is 5.69 Å². The van der Waals surface area contributed by atoms with Crippen molar-refractivity contribution in [1.82, 2.24) is 5.32 Å². The van der Waals surface area contributed by atoms with Crippen LogP contribution in [0.5, 0.6) is 0 Å². The molecule has 1 aliphatic carbocycles. The van der Waals surface area contributed by atoms with Crippen LogP contribution >= 0.6 is 0 Å². The summed E-state index contributed by atoms with van der Waals surface area (Å²) in [7, 11) is 0. The van der Waals surface area contributed by atoms with Crippen LogP contribution in [0, 0.1) is 0 Å². The van der Waals surface area contributed by atoms with Crippen LogP contribution in [0.15, 0.2) is 36.4 Å². The largest absolute Gasteiger partial charge is 0.398 e. The first-order valence-electron chi connectivity index (χ1n) is 5.69. The number of aliphatic hydroxyl groups is 1. The lowest BCUT2D eigenvalue weighted by atomic mass is 10.0. The molecule has 0 unspecified atom stereocenters. The number of hydrogen-bond donors (Lipinski definition) is 3. The van der Waals surface area contributed by atoms with E-state index >= 15 is 0 Å². The van der Waals surface area contributed by atoms with Gasteiger partial charge in [0.2, 0.25) is 0 Å². The smallest absolute Gasteiger partial charge is 0.0722 e. The summed E-state index contributed by atoms with van der Waals surface area (Å²) in [6.07, 6.45) is 5.44. The Hall–Kier alpha value is -1.32. The van der Waals surface area contributed by atoms with Crippen molar-refractivity contribution in [2.45, 2.75) is 31.5 Å². The third-order valence-electron chi connectivity index (χ3n) is 2.95. The van der Waals surface area contributed by atoms with Gasteiger partial charge in [0.25, 0.3) is 0 Å². The van der Waals surface area contributed by atoms with E-state index < -0.39 is 0 Å². The zero-order valence-corrected chi connectivity index (χ0v) is 9.26. The summed E-state index contributed by atoms with van der Waals surface area (Å²) in [5.74, 6) is 0. The van der Waals surface area contributed by atoms with Gasteiger partial charge in [0, 0.05) is 18.3 Å². The molecule has 0 aliphatic heterocycles. The molecule has 0 bridgehead atoms. The second-order valence-electron chi connectivity index (χ2n) is 4.22. The average molecular weight is 218 g/mol. The van der Waals surface area contributed by atoms with Gasteiger partial charge in [-0.2, -0.15) is 0 Å². The van der Waals surface area contributed by atoms with Crippen molar-refractivity contribution in [2.24, 2.45) is 0 Å². The minimum atomic E-state index is -0.264. The SMILES string of the molecule is Nc1ccccc1CN[C@H]1C=C[C@H](O)CC1. The molecule has 86 valence electrons. The Balaban J connectivity index is 1.88. The molecule has 0 aromatic heterocycles. The molecule has 0 radical (unpaired) electrons. The van der Waals surface area contributed by atoms with Gasteiger partial charge in [0.1, 0.15) is 0 Å². The molecule has 0 saturated carbocycles. The van der Waals surface area contributed by atoms with Crippen molar-refractivity contribution < 1.29 is 5.11 Å². The number of aliphatic hydroxyl groups excluding tert-OH is 1. The van der Waals surface area contributed by atoms with Gasteiger partial charge in [-0.05, 0) is 24.5 Å². The van der Waals surface area contributed by atoms with Crippen LogP contribution in [0.2, 0.25) is 0 Å². The van der Waals surface area contributed by atoms with Crippen LogP contribution in [-0.2, 0) is 6.54 Å². The first-order valence-corrected chi connectivity index (χ1v) is 5.69. The maximum atomic E-state index is 9.32. The zero-order valence-electron chi connectivity index (χ0n) is 9.26. The van der Waals surface area contributed by atoms with Crippen molar-refractivity contribution in [1.29, 1.82) is 0 Å². The van der Waals surface area contributed by atoms with Gasteiger partial charge in [-0.15, -0.1) is 0 Å². The first kappa shape index (κ1) is 11.2. The Morgan fingerprint density at radius 1 is 1.25 bits per heavy atom. The molecule has 4 N–H and O–H groups in total. The molecule has 3 heteroatoms. The molecule has 0 amide bonds. The Labute approximate surface area is 96.0 Å². The maximum absolute atomic E-state index is 9.32. The molecule has 1 aliphatic rings. The summed E-state index contributed by atoms with van der Waals surface area (Å²) in [5.41, 5.74) is 7.82. The van der Waals surface area contributed by atoms with Crippen LogP contribution in [0.3, 0.4) is 0 Å². The Morgan fingerprint density at radius 2 is 2.06 bits per heavy atom. The van der Waals surface area contributed by atoms with Gasteiger partial charge in [0.05, 0.1) is 6.10 Å². The van der Waals surface area contributed by atoms with Crippen LogP contribution in [0.4, 0.5) is 5.69 Å². The minimum Gasteiger partial charge on any atom is -0.398 e.